The molecule has 2 aliphatic heterocycles. The van der Waals surface area contributed by atoms with Crippen molar-refractivity contribution >= 4 is 37.3 Å². The molecule has 3 aliphatic rings. The molecule has 3 amide bonds. The molecule has 1 atom stereocenters. The molecule has 5 rings (SSSR count). The summed E-state index contributed by atoms with van der Waals surface area (Å²) in [5.74, 6) is 0.192. The number of hydrogen-bond acceptors (Lipinski definition) is 8. The van der Waals surface area contributed by atoms with Gasteiger partial charge in [-0.1, -0.05) is 51.5 Å². The molecule has 2 fully saturated rings. The maximum Gasteiger partial charge on any atom is 0.257 e. The highest BCUT2D eigenvalue weighted by Crippen LogP contribution is 2.48. The van der Waals surface area contributed by atoms with E-state index >= 15 is 0 Å². The highest BCUT2D eigenvalue weighted by Gasteiger charge is 2.52. The van der Waals surface area contributed by atoms with Gasteiger partial charge in [-0.3, -0.25) is 19.3 Å². The number of aromatic nitrogens is 2. The van der Waals surface area contributed by atoms with Crippen LogP contribution in [-0.2, 0) is 30.9 Å². The fourth-order valence-electron chi connectivity index (χ4n) is 6.59. The van der Waals surface area contributed by atoms with Gasteiger partial charge >= 0.3 is 0 Å². The van der Waals surface area contributed by atoms with Crippen molar-refractivity contribution in [2.45, 2.75) is 95.9 Å². The molecule has 2 aromatic rings. The Morgan fingerprint density at radius 3 is 2.59 bits per heavy atom. The lowest BCUT2D eigenvalue weighted by Gasteiger charge is -2.32. The van der Waals surface area contributed by atoms with Gasteiger partial charge in [-0.15, -0.1) is 0 Å². The lowest BCUT2D eigenvalue weighted by Crippen LogP contribution is -2.49. The Labute approximate surface area is 260 Å². The molecule has 1 saturated heterocycles. The quantitative estimate of drug-likeness (QED) is 0.266. The Morgan fingerprint density at radius 2 is 1.91 bits per heavy atom. The summed E-state index contributed by atoms with van der Waals surface area (Å²) < 4.78 is 16.7. The van der Waals surface area contributed by atoms with Gasteiger partial charge in [0, 0.05) is 45.7 Å². The van der Waals surface area contributed by atoms with Crippen LogP contribution in [-0.4, -0.2) is 68.5 Å². The number of ether oxygens (including phenoxy) is 2. The van der Waals surface area contributed by atoms with Crippen LogP contribution in [0.4, 0.5) is 11.5 Å². The van der Waals surface area contributed by atoms with Gasteiger partial charge in [0.15, 0.2) is 0 Å². The standard InChI is InChI=1S/C32H47N5O6Si/c1-6-25-23(19-43-36-25)29(38)35-28(22-9-7-21(2)8-10-22)30(39)34-27-17-26-24(18-33-27)32(11-13-41-14-12-32)31(40)37(26)20-42-15-16-44(3,4)5/h17-19,21-22,28H,6-16,20H2,1-5H3,(H,35,38)(H,33,34,39)/t21?,22?,28-/m0/s1. The van der Waals surface area contributed by atoms with Crippen molar-refractivity contribution in [3.05, 3.63) is 35.3 Å². The molecule has 12 heteroatoms. The van der Waals surface area contributed by atoms with E-state index in [2.05, 4.69) is 47.3 Å². The van der Waals surface area contributed by atoms with Crippen molar-refractivity contribution in [3.8, 4) is 0 Å². The number of aryl methyl sites for hydroxylation is 1. The van der Waals surface area contributed by atoms with Gasteiger partial charge in [0.05, 0.1) is 16.8 Å². The summed E-state index contributed by atoms with van der Waals surface area (Å²) in [5.41, 5.74) is 1.76. The zero-order valence-corrected chi connectivity index (χ0v) is 27.7. The first-order chi connectivity index (χ1) is 21.0. The number of rotatable bonds is 11. The molecule has 0 bridgehead atoms. The number of anilines is 2. The second-order valence-electron chi connectivity index (χ2n) is 13.9. The third-order valence-electron chi connectivity index (χ3n) is 9.48. The molecule has 1 spiro atoms. The van der Waals surface area contributed by atoms with E-state index in [0.29, 0.717) is 67.8 Å². The first-order valence-electron chi connectivity index (χ1n) is 16.1. The van der Waals surface area contributed by atoms with Crippen LogP contribution in [0.2, 0.25) is 25.7 Å². The second kappa shape index (κ2) is 13.5. The van der Waals surface area contributed by atoms with Crippen molar-refractivity contribution < 1.29 is 28.4 Å². The first-order valence-corrected chi connectivity index (χ1v) is 19.8. The second-order valence-corrected chi connectivity index (χ2v) is 19.5. The molecular weight excluding hydrogens is 578 g/mol. The van der Waals surface area contributed by atoms with Gasteiger partial charge in [0.2, 0.25) is 11.8 Å². The van der Waals surface area contributed by atoms with Crippen LogP contribution >= 0.6 is 0 Å². The largest absolute Gasteiger partial charge is 0.381 e. The third kappa shape index (κ3) is 6.92. The molecular formula is C32H47N5O6Si. The summed E-state index contributed by atoms with van der Waals surface area (Å²) in [7, 11) is -1.29. The SMILES string of the molecule is CCc1nocc1C(=O)N[C@H](C(=O)Nc1cc2c(cn1)C1(CCOCC1)C(=O)N2COCC[Si](C)(C)C)C1CCC(C)CC1. The normalized spacial score (nSPS) is 22.1. The van der Waals surface area contributed by atoms with Crippen molar-refractivity contribution in [1.82, 2.24) is 15.5 Å². The summed E-state index contributed by atoms with van der Waals surface area (Å²) in [6, 6.07) is 2.02. The lowest BCUT2D eigenvalue weighted by molar-refractivity contribution is -0.127. The molecule has 240 valence electrons. The van der Waals surface area contributed by atoms with Crippen molar-refractivity contribution in [2.75, 3.05) is 36.8 Å². The Hall–Kier alpha value is -3.09. The molecule has 4 heterocycles. The number of fused-ring (bicyclic) bond motifs is 2. The van der Waals surface area contributed by atoms with E-state index in [9.17, 15) is 14.4 Å². The van der Waals surface area contributed by atoms with Gasteiger partial charge in [-0.2, -0.15) is 0 Å². The fraction of sp³-hybridized carbons (Fsp3) is 0.656. The number of pyridine rings is 1. The third-order valence-corrected chi connectivity index (χ3v) is 11.2. The van der Waals surface area contributed by atoms with Gasteiger partial charge in [-0.05, 0) is 50.0 Å². The molecule has 2 aromatic heterocycles. The topological polar surface area (TPSA) is 136 Å². The molecule has 0 unspecified atom stereocenters. The monoisotopic (exact) mass is 625 g/mol. The van der Waals surface area contributed by atoms with E-state index in [1.165, 1.54) is 6.26 Å². The predicted octanol–water partition coefficient (Wildman–Crippen LogP) is 4.90. The maximum absolute atomic E-state index is 13.9. The van der Waals surface area contributed by atoms with Crippen LogP contribution in [0.1, 0.15) is 74.0 Å². The van der Waals surface area contributed by atoms with Gasteiger partial charge in [0.1, 0.15) is 30.4 Å². The molecule has 0 radical (unpaired) electrons. The fourth-order valence-corrected chi connectivity index (χ4v) is 7.35. The lowest BCUT2D eigenvalue weighted by atomic mass is 9.76. The summed E-state index contributed by atoms with van der Waals surface area (Å²) in [5, 5.41) is 9.88. The van der Waals surface area contributed by atoms with Crippen LogP contribution < -0.4 is 15.5 Å². The molecule has 44 heavy (non-hydrogen) atoms. The Balaban J connectivity index is 1.38. The van der Waals surface area contributed by atoms with E-state index in [1.54, 1.807) is 17.2 Å². The Morgan fingerprint density at radius 1 is 1.18 bits per heavy atom. The molecule has 1 aliphatic carbocycles. The Kier molecular flexibility index (Phi) is 9.91. The summed E-state index contributed by atoms with van der Waals surface area (Å²) in [4.78, 5) is 47.4. The van der Waals surface area contributed by atoms with Crippen LogP contribution in [0.15, 0.2) is 23.0 Å². The minimum Gasteiger partial charge on any atom is -0.381 e. The van der Waals surface area contributed by atoms with Crippen LogP contribution in [0, 0.1) is 11.8 Å². The predicted molar refractivity (Wildman–Crippen MR) is 169 cm³/mol. The van der Waals surface area contributed by atoms with E-state index in [-0.39, 0.29) is 30.4 Å². The summed E-state index contributed by atoms with van der Waals surface area (Å²) in [6.45, 7) is 12.7. The zero-order chi connectivity index (χ0) is 31.5. The number of nitrogens with zero attached hydrogens (tertiary/aromatic N) is 3. The molecule has 11 nitrogen and oxygen atoms in total. The van der Waals surface area contributed by atoms with Crippen LogP contribution in [0.5, 0.6) is 0 Å². The average Bonchev–Trinajstić information content (AvgIpc) is 3.56. The molecule has 0 aromatic carbocycles. The summed E-state index contributed by atoms with van der Waals surface area (Å²) in [6.07, 6.45) is 8.41. The van der Waals surface area contributed by atoms with E-state index < -0.39 is 19.5 Å². The number of hydrogen-bond donors (Lipinski definition) is 2. The minimum atomic E-state index is -1.29. The number of carbonyl (C=O) groups excluding carboxylic acids is 3. The average molecular weight is 626 g/mol. The van der Waals surface area contributed by atoms with Crippen molar-refractivity contribution in [1.29, 1.82) is 0 Å². The van der Waals surface area contributed by atoms with Crippen molar-refractivity contribution in [2.24, 2.45) is 11.8 Å². The van der Waals surface area contributed by atoms with E-state index in [0.717, 1.165) is 37.3 Å². The Bertz CT molecular complexity index is 1340. The zero-order valence-electron chi connectivity index (χ0n) is 26.7. The number of amides is 3. The van der Waals surface area contributed by atoms with Gasteiger partial charge in [-0.25, -0.2) is 4.98 Å². The first kappa shape index (κ1) is 32.3. The maximum atomic E-state index is 13.9. The molecule has 1 saturated carbocycles. The van der Waals surface area contributed by atoms with E-state index in [1.807, 2.05) is 6.92 Å². The molecule has 2 N–H and O–H groups in total. The number of carbonyl (C=O) groups is 3. The van der Waals surface area contributed by atoms with Gasteiger partial charge in [0.25, 0.3) is 5.91 Å². The minimum absolute atomic E-state index is 0.00371. The van der Waals surface area contributed by atoms with Gasteiger partial charge < -0.3 is 24.6 Å². The van der Waals surface area contributed by atoms with E-state index in [4.69, 9.17) is 14.0 Å². The highest BCUT2D eigenvalue weighted by atomic mass is 28.3. The smallest absolute Gasteiger partial charge is 0.257 e. The van der Waals surface area contributed by atoms with Crippen LogP contribution in [0.25, 0.3) is 0 Å². The van der Waals surface area contributed by atoms with Crippen LogP contribution in [0.3, 0.4) is 0 Å². The number of nitrogens with one attached hydrogen (secondary N) is 2. The van der Waals surface area contributed by atoms with Crippen molar-refractivity contribution in [3.63, 3.8) is 0 Å². The summed E-state index contributed by atoms with van der Waals surface area (Å²) >= 11 is 0. The highest BCUT2D eigenvalue weighted by molar-refractivity contribution is 6.76.